The quantitative estimate of drug-likeness (QED) is 0.770. The molecule has 0 aromatic heterocycles. The van der Waals surface area contributed by atoms with E-state index in [0.29, 0.717) is 26.7 Å². The van der Waals surface area contributed by atoms with E-state index >= 15 is 0 Å². The van der Waals surface area contributed by atoms with Gasteiger partial charge < -0.3 is 0 Å². The number of hydrogen-bond acceptors (Lipinski definition) is 1. The first-order valence-corrected chi connectivity index (χ1v) is 5.99. The molecule has 2 aromatic carbocycles. The van der Waals surface area contributed by atoms with Crippen LogP contribution in [0.3, 0.4) is 0 Å². The van der Waals surface area contributed by atoms with Crippen LogP contribution in [0.25, 0.3) is 11.1 Å². The smallest absolute Gasteiger partial charge is 0.135 e. The van der Waals surface area contributed by atoms with Gasteiger partial charge in [-0.2, -0.15) is 5.26 Å². The van der Waals surface area contributed by atoms with Gasteiger partial charge in [-0.15, -0.1) is 0 Å². The van der Waals surface area contributed by atoms with E-state index in [1.807, 2.05) is 6.07 Å². The monoisotopic (exact) mass is 279 g/mol. The zero-order valence-corrected chi connectivity index (χ0v) is 10.8. The Hall–Kier alpha value is -1.56. The maximum absolute atomic E-state index is 14.2. The van der Waals surface area contributed by atoms with E-state index in [0.717, 1.165) is 0 Å². The molecule has 0 bridgehead atoms. The third-order valence-electron chi connectivity index (χ3n) is 2.58. The molecule has 0 spiro atoms. The van der Waals surface area contributed by atoms with E-state index < -0.39 is 5.82 Å². The van der Waals surface area contributed by atoms with Crippen molar-refractivity contribution in [2.24, 2.45) is 0 Å². The van der Waals surface area contributed by atoms with Crippen molar-refractivity contribution in [1.82, 2.24) is 0 Å². The molecule has 0 amide bonds. The third kappa shape index (κ3) is 2.48. The minimum absolute atomic E-state index is 0.0427. The predicted molar refractivity (Wildman–Crippen MR) is 71.2 cm³/mol. The van der Waals surface area contributed by atoms with Crippen molar-refractivity contribution in [2.75, 3.05) is 0 Å². The van der Waals surface area contributed by atoms with Crippen molar-refractivity contribution in [2.45, 2.75) is 6.42 Å². The second-order valence-electron chi connectivity index (χ2n) is 3.74. The second kappa shape index (κ2) is 5.39. The van der Waals surface area contributed by atoms with Crippen LogP contribution in [-0.2, 0) is 6.42 Å². The summed E-state index contributed by atoms with van der Waals surface area (Å²) in [5, 5.41) is 9.43. The van der Waals surface area contributed by atoms with Gasteiger partial charge in [0.2, 0.25) is 0 Å². The molecule has 0 heterocycles. The molecule has 0 saturated carbocycles. The number of halogens is 3. The Bertz CT molecular complexity index is 632. The average molecular weight is 280 g/mol. The molecule has 0 unspecified atom stereocenters. The molecule has 0 saturated heterocycles. The molecular formula is C14H8Cl2FN. The van der Waals surface area contributed by atoms with Crippen LogP contribution in [0, 0.1) is 17.1 Å². The fourth-order valence-corrected chi connectivity index (χ4v) is 1.99. The highest BCUT2D eigenvalue weighted by Crippen LogP contribution is 2.30. The summed E-state index contributed by atoms with van der Waals surface area (Å²) in [6, 6.07) is 11.8. The van der Waals surface area contributed by atoms with Crippen LogP contribution >= 0.6 is 23.2 Å². The fraction of sp³-hybridized carbons (Fsp3) is 0.0714. The summed E-state index contributed by atoms with van der Waals surface area (Å²) >= 11 is 11.7. The molecule has 4 heteroatoms. The lowest BCUT2D eigenvalue weighted by Crippen LogP contribution is -1.92. The van der Waals surface area contributed by atoms with Crippen molar-refractivity contribution < 1.29 is 4.39 Å². The fourth-order valence-electron chi connectivity index (χ4n) is 1.69. The zero-order chi connectivity index (χ0) is 13.1. The number of benzene rings is 2. The van der Waals surface area contributed by atoms with Crippen LogP contribution in [0.2, 0.25) is 10.0 Å². The summed E-state index contributed by atoms with van der Waals surface area (Å²) in [5.74, 6) is -0.391. The minimum atomic E-state index is -0.391. The first-order valence-electron chi connectivity index (χ1n) is 5.23. The summed E-state index contributed by atoms with van der Waals surface area (Å²) in [7, 11) is 0. The van der Waals surface area contributed by atoms with Crippen LogP contribution in [0.5, 0.6) is 0 Å². The van der Waals surface area contributed by atoms with Crippen molar-refractivity contribution in [3.63, 3.8) is 0 Å². The number of nitrogens with zero attached hydrogens (tertiary/aromatic N) is 1. The Balaban J connectivity index is 2.54. The van der Waals surface area contributed by atoms with Crippen molar-refractivity contribution in [3.8, 4) is 17.2 Å². The van der Waals surface area contributed by atoms with Crippen LogP contribution in [0.15, 0.2) is 36.4 Å². The zero-order valence-electron chi connectivity index (χ0n) is 9.25. The molecule has 18 heavy (non-hydrogen) atoms. The molecule has 2 aromatic rings. The summed E-state index contributed by atoms with van der Waals surface area (Å²) < 4.78 is 14.2. The standard InChI is InChI=1S/C14H8Cl2FN/c15-12-5-4-10(8-13(12)16)11-3-1-2-9(6-7-18)14(11)17/h1-5,8H,6H2. The lowest BCUT2D eigenvalue weighted by Gasteiger charge is -2.07. The summed E-state index contributed by atoms with van der Waals surface area (Å²) in [6.07, 6.45) is 0.0427. The third-order valence-corrected chi connectivity index (χ3v) is 3.32. The highest BCUT2D eigenvalue weighted by Gasteiger charge is 2.10. The largest absolute Gasteiger partial charge is 0.206 e. The highest BCUT2D eigenvalue weighted by atomic mass is 35.5. The van der Waals surface area contributed by atoms with Crippen molar-refractivity contribution in [1.29, 1.82) is 5.26 Å². The Kier molecular flexibility index (Phi) is 3.86. The first-order chi connectivity index (χ1) is 8.63. The molecule has 90 valence electrons. The van der Waals surface area contributed by atoms with Crippen LogP contribution < -0.4 is 0 Å². The molecular weight excluding hydrogens is 272 g/mol. The van der Waals surface area contributed by atoms with Crippen LogP contribution in [-0.4, -0.2) is 0 Å². The molecule has 0 atom stereocenters. The molecule has 0 aliphatic heterocycles. The molecule has 0 fully saturated rings. The van der Waals surface area contributed by atoms with Gasteiger partial charge in [0, 0.05) is 11.1 Å². The van der Waals surface area contributed by atoms with E-state index in [1.54, 1.807) is 36.4 Å². The van der Waals surface area contributed by atoms with Crippen molar-refractivity contribution >= 4 is 23.2 Å². The van der Waals surface area contributed by atoms with Gasteiger partial charge in [0.25, 0.3) is 0 Å². The summed E-state index contributed by atoms with van der Waals surface area (Å²) in [4.78, 5) is 0. The van der Waals surface area contributed by atoms with Crippen molar-refractivity contribution in [3.05, 3.63) is 57.8 Å². The Morgan fingerprint density at radius 3 is 2.56 bits per heavy atom. The number of hydrogen-bond donors (Lipinski definition) is 0. The molecule has 0 N–H and O–H groups in total. The van der Waals surface area contributed by atoms with Crippen LogP contribution in [0.4, 0.5) is 4.39 Å². The predicted octanol–water partition coefficient (Wildman–Crippen LogP) is 4.87. The van der Waals surface area contributed by atoms with E-state index in [4.69, 9.17) is 28.5 Å². The maximum Gasteiger partial charge on any atom is 0.135 e. The van der Waals surface area contributed by atoms with E-state index in [9.17, 15) is 4.39 Å². The molecule has 0 aliphatic carbocycles. The van der Waals surface area contributed by atoms with Gasteiger partial charge in [-0.1, -0.05) is 47.5 Å². The van der Waals surface area contributed by atoms with Gasteiger partial charge in [0.05, 0.1) is 22.5 Å². The average Bonchev–Trinajstić information content (AvgIpc) is 2.36. The van der Waals surface area contributed by atoms with E-state index in [-0.39, 0.29) is 6.42 Å². The maximum atomic E-state index is 14.2. The molecule has 0 radical (unpaired) electrons. The topological polar surface area (TPSA) is 23.8 Å². The van der Waals surface area contributed by atoms with Gasteiger partial charge in [-0.25, -0.2) is 4.39 Å². The van der Waals surface area contributed by atoms with Gasteiger partial charge in [0.1, 0.15) is 5.82 Å². The Morgan fingerprint density at radius 2 is 1.89 bits per heavy atom. The molecule has 2 rings (SSSR count). The highest BCUT2D eigenvalue weighted by molar-refractivity contribution is 6.42. The summed E-state index contributed by atoms with van der Waals surface area (Å²) in [5.41, 5.74) is 1.43. The molecule has 0 aliphatic rings. The van der Waals surface area contributed by atoms with Gasteiger partial charge in [0.15, 0.2) is 0 Å². The first kappa shape index (κ1) is 12.9. The van der Waals surface area contributed by atoms with Crippen LogP contribution in [0.1, 0.15) is 5.56 Å². The van der Waals surface area contributed by atoms with Gasteiger partial charge in [-0.3, -0.25) is 0 Å². The second-order valence-corrected chi connectivity index (χ2v) is 4.56. The number of rotatable bonds is 2. The van der Waals surface area contributed by atoms with E-state index in [1.165, 1.54) is 0 Å². The van der Waals surface area contributed by atoms with Gasteiger partial charge in [-0.05, 0) is 17.7 Å². The lowest BCUT2D eigenvalue weighted by molar-refractivity contribution is 0.619. The normalized spacial score (nSPS) is 10.1. The SMILES string of the molecule is N#CCc1cccc(-c2ccc(Cl)c(Cl)c2)c1F. The lowest BCUT2D eigenvalue weighted by atomic mass is 10.0. The Morgan fingerprint density at radius 1 is 1.11 bits per heavy atom. The molecule has 1 nitrogen and oxygen atoms in total. The summed E-state index contributed by atoms with van der Waals surface area (Å²) in [6.45, 7) is 0. The van der Waals surface area contributed by atoms with Gasteiger partial charge >= 0.3 is 0 Å². The number of nitriles is 1. The Labute approximate surface area is 114 Å². The van der Waals surface area contributed by atoms with E-state index in [2.05, 4.69) is 0 Å². The minimum Gasteiger partial charge on any atom is -0.206 e.